The van der Waals surface area contributed by atoms with Crippen molar-refractivity contribution >= 4 is 5.84 Å². The third kappa shape index (κ3) is 1.91. The molecule has 3 aliphatic rings. The molecule has 0 saturated carbocycles. The first-order chi connectivity index (χ1) is 6.66. The third-order valence-electron chi connectivity index (χ3n) is 3.03. The summed E-state index contributed by atoms with van der Waals surface area (Å²) in [7, 11) is 0. The van der Waals surface area contributed by atoms with Crippen molar-refractivity contribution in [3.05, 3.63) is 0 Å². The second kappa shape index (κ2) is 3.87. The summed E-state index contributed by atoms with van der Waals surface area (Å²) >= 11 is 0. The van der Waals surface area contributed by atoms with Crippen LogP contribution in [-0.4, -0.2) is 60.4 Å². The highest BCUT2D eigenvalue weighted by Crippen LogP contribution is 2.15. The van der Waals surface area contributed by atoms with Crippen LogP contribution in [0.1, 0.15) is 13.8 Å². The van der Waals surface area contributed by atoms with Gasteiger partial charge in [0.15, 0.2) is 0 Å². The Bertz CT molecular complexity index is 228. The largest absolute Gasteiger partial charge is 0.386 e. The molecule has 3 rings (SSSR count). The highest BCUT2D eigenvalue weighted by molar-refractivity contribution is 5.86. The van der Waals surface area contributed by atoms with Crippen molar-refractivity contribution in [2.45, 2.75) is 25.9 Å². The topological polar surface area (TPSA) is 44.9 Å². The average molecular weight is 196 g/mol. The maximum atomic E-state index is 6.02. The zero-order chi connectivity index (χ0) is 10.1. The monoisotopic (exact) mass is 196 g/mol. The Morgan fingerprint density at radius 1 is 1.29 bits per heavy atom. The van der Waals surface area contributed by atoms with Gasteiger partial charge in [0, 0.05) is 38.8 Å². The quantitative estimate of drug-likeness (QED) is 0.489. The van der Waals surface area contributed by atoms with E-state index in [2.05, 4.69) is 28.6 Å². The summed E-state index contributed by atoms with van der Waals surface area (Å²) in [5.74, 6) is 0.824. The molecule has 1 unspecified atom stereocenters. The molecule has 3 saturated heterocycles. The summed E-state index contributed by atoms with van der Waals surface area (Å²) in [5.41, 5.74) is 6.02. The Morgan fingerprint density at radius 3 is 2.36 bits per heavy atom. The lowest BCUT2D eigenvalue weighted by atomic mass is 10.1. The minimum absolute atomic E-state index is 0.312. The lowest BCUT2D eigenvalue weighted by Gasteiger charge is -2.47. The molecule has 14 heavy (non-hydrogen) atoms. The standard InChI is InChI=1S/C10H20N4/c1-8(2)12-10(11)9-7-13-3-5-14(9)6-4-13/h8-9H,3-7H2,1-2H3,(H2,11,12). The first-order valence-electron chi connectivity index (χ1n) is 5.46. The number of piperazine rings is 3. The number of rotatable bonds is 2. The van der Waals surface area contributed by atoms with Gasteiger partial charge in [-0.05, 0) is 13.8 Å². The molecular weight excluding hydrogens is 176 g/mol. The molecule has 4 heteroatoms. The highest BCUT2D eigenvalue weighted by atomic mass is 15.4. The van der Waals surface area contributed by atoms with Crippen LogP contribution in [-0.2, 0) is 0 Å². The van der Waals surface area contributed by atoms with Gasteiger partial charge in [-0.2, -0.15) is 0 Å². The van der Waals surface area contributed by atoms with E-state index >= 15 is 0 Å². The summed E-state index contributed by atoms with van der Waals surface area (Å²) in [6.45, 7) is 9.92. The van der Waals surface area contributed by atoms with Gasteiger partial charge in [0.05, 0.1) is 6.04 Å². The molecular formula is C10H20N4. The van der Waals surface area contributed by atoms with Gasteiger partial charge in [-0.3, -0.25) is 14.8 Å². The fourth-order valence-electron chi connectivity index (χ4n) is 2.28. The van der Waals surface area contributed by atoms with E-state index in [0.29, 0.717) is 12.1 Å². The van der Waals surface area contributed by atoms with E-state index < -0.39 is 0 Å². The first kappa shape index (κ1) is 9.93. The van der Waals surface area contributed by atoms with Crippen LogP contribution in [0.5, 0.6) is 0 Å². The van der Waals surface area contributed by atoms with E-state index in [9.17, 15) is 0 Å². The summed E-state index contributed by atoms with van der Waals surface area (Å²) < 4.78 is 0. The molecule has 0 aromatic carbocycles. The SMILES string of the molecule is CC(C)N=C(N)C1CN2CCN1CC2. The van der Waals surface area contributed by atoms with Crippen molar-refractivity contribution < 1.29 is 0 Å². The van der Waals surface area contributed by atoms with E-state index in [1.165, 1.54) is 13.1 Å². The number of aliphatic imine (C=N–C) groups is 1. The maximum absolute atomic E-state index is 6.02. The summed E-state index contributed by atoms with van der Waals surface area (Å²) in [5, 5.41) is 0. The van der Waals surface area contributed by atoms with Gasteiger partial charge in [-0.1, -0.05) is 0 Å². The number of amidine groups is 1. The van der Waals surface area contributed by atoms with E-state index in [-0.39, 0.29) is 0 Å². The van der Waals surface area contributed by atoms with Gasteiger partial charge in [0.1, 0.15) is 5.84 Å². The molecule has 3 heterocycles. The van der Waals surface area contributed by atoms with Crippen LogP contribution in [0.4, 0.5) is 0 Å². The maximum Gasteiger partial charge on any atom is 0.113 e. The predicted octanol–water partition coefficient (Wildman–Crippen LogP) is -0.248. The van der Waals surface area contributed by atoms with Crippen LogP contribution in [0.3, 0.4) is 0 Å². The molecule has 2 N–H and O–H groups in total. The molecule has 0 aromatic heterocycles. The Labute approximate surface area is 85.8 Å². The molecule has 3 fully saturated rings. The summed E-state index contributed by atoms with van der Waals surface area (Å²) in [6, 6.07) is 0.687. The van der Waals surface area contributed by atoms with Gasteiger partial charge in [0.2, 0.25) is 0 Å². The van der Waals surface area contributed by atoms with Crippen molar-refractivity contribution in [2.24, 2.45) is 10.7 Å². The summed E-state index contributed by atoms with van der Waals surface area (Å²) in [4.78, 5) is 9.38. The van der Waals surface area contributed by atoms with Crippen LogP contribution in [0.2, 0.25) is 0 Å². The van der Waals surface area contributed by atoms with Gasteiger partial charge >= 0.3 is 0 Å². The Balaban J connectivity index is 2.04. The van der Waals surface area contributed by atoms with Crippen LogP contribution >= 0.6 is 0 Å². The van der Waals surface area contributed by atoms with E-state index in [0.717, 1.165) is 25.5 Å². The molecule has 0 aliphatic carbocycles. The highest BCUT2D eigenvalue weighted by Gasteiger charge is 2.33. The molecule has 0 spiro atoms. The number of fused-ring (bicyclic) bond motifs is 3. The van der Waals surface area contributed by atoms with Gasteiger partial charge in [-0.15, -0.1) is 0 Å². The molecule has 2 bridgehead atoms. The number of nitrogens with two attached hydrogens (primary N) is 1. The van der Waals surface area contributed by atoms with Gasteiger partial charge in [-0.25, -0.2) is 0 Å². The normalized spacial score (nSPS) is 37.9. The fourth-order valence-corrected chi connectivity index (χ4v) is 2.28. The van der Waals surface area contributed by atoms with Crippen molar-refractivity contribution in [3.63, 3.8) is 0 Å². The average Bonchev–Trinajstić information content (AvgIpc) is 2.18. The van der Waals surface area contributed by atoms with Crippen LogP contribution in [0.15, 0.2) is 4.99 Å². The minimum Gasteiger partial charge on any atom is -0.386 e. The second-order valence-electron chi connectivity index (χ2n) is 4.50. The van der Waals surface area contributed by atoms with Crippen LogP contribution in [0.25, 0.3) is 0 Å². The van der Waals surface area contributed by atoms with Crippen molar-refractivity contribution in [3.8, 4) is 0 Å². The van der Waals surface area contributed by atoms with E-state index in [1.807, 2.05) is 0 Å². The van der Waals surface area contributed by atoms with Crippen molar-refractivity contribution in [2.75, 3.05) is 32.7 Å². The van der Waals surface area contributed by atoms with Crippen LogP contribution < -0.4 is 5.73 Å². The molecule has 0 radical (unpaired) electrons. The molecule has 4 nitrogen and oxygen atoms in total. The Kier molecular flexibility index (Phi) is 2.74. The molecule has 1 atom stereocenters. The fraction of sp³-hybridized carbons (Fsp3) is 0.900. The zero-order valence-corrected chi connectivity index (χ0v) is 9.11. The number of hydrogen-bond acceptors (Lipinski definition) is 3. The Morgan fingerprint density at radius 2 is 1.93 bits per heavy atom. The predicted molar refractivity (Wildman–Crippen MR) is 58.6 cm³/mol. The molecule has 0 amide bonds. The smallest absolute Gasteiger partial charge is 0.113 e. The lowest BCUT2D eigenvalue weighted by molar-refractivity contribution is 0.0403. The van der Waals surface area contributed by atoms with E-state index in [4.69, 9.17) is 5.73 Å². The first-order valence-corrected chi connectivity index (χ1v) is 5.46. The molecule has 0 aromatic rings. The number of hydrogen-bond donors (Lipinski definition) is 1. The number of nitrogens with zero attached hydrogens (tertiary/aromatic N) is 3. The van der Waals surface area contributed by atoms with Crippen molar-refractivity contribution in [1.29, 1.82) is 0 Å². The minimum atomic E-state index is 0.312. The van der Waals surface area contributed by atoms with Gasteiger partial charge in [0.25, 0.3) is 0 Å². The second-order valence-corrected chi connectivity index (χ2v) is 4.50. The van der Waals surface area contributed by atoms with E-state index in [1.54, 1.807) is 0 Å². The lowest BCUT2D eigenvalue weighted by Crippen LogP contribution is -2.64. The van der Waals surface area contributed by atoms with Crippen molar-refractivity contribution in [1.82, 2.24) is 9.80 Å². The summed E-state index contributed by atoms with van der Waals surface area (Å²) in [6.07, 6.45) is 0. The van der Waals surface area contributed by atoms with Gasteiger partial charge < -0.3 is 5.73 Å². The Hall–Kier alpha value is -0.610. The molecule has 80 valence electrons. The third-order valence-corrected chi connectivity index (χ3v) is 3.03. The van der Waals surface area contributed by atoms with Crippen LogP contribution in [0, 0.1) is 0 Å². The zero-order valence-electron chi connectivity index (χ0n) is 9.11. The molecule has 3 aliphatic heterocycles.